The molecule has 0 aliphatic carbocycles. The molecule has 1 amide bonds. The van der Waals surface area contributed by atoms with Gasteiger partial charge in [-0.25, -0.2) is 0 Å². The molecule has 84 valence electrons. The van der Waals surface area contributed by atoms with Crippen LogP contribution < -0.4 is 10.6 Å². The maximum absolute atomic E-state index is 11.2. The minimum Gasteiger partial charge on any atom is -0.468 e. The minimum absolute atomic E-state index is 0.0510. The molecule has 4 nitrogen and oxygen atoms in total. The number of carbonyl (C=O) groups excluding carboxylic acids is 1. The van der Waals surface area contributed by atoms with Crippen molar-refractivity contribution in [3.63, 3.8) is 0 Å². The largest absolute Gasteiger partial charge is 0.468 e. The van der Waals surface area contributed by atoms with Crippen LogP contribution in [0.25, 0.3) is 0 Å². The summed E-state index contributed by atoms with van der Waals surface area (Å²) < 4.78 is 5.15. The van der Waals surface area contributed by atoms with Gasteiger partial charge in [-0.3, -0.25) is 4.79 Å². The van der Waals surface area contributed by atoms with Crippen molar-refractivity contribution in [1.29, 1.82) is 0 Å². The fourth-order valence-corrected chi connectivity index (χ4v) is 1.10. The third-order valence-electron chi connectivity index (χ3n) is 2.00. The Bertz CT molecular complexity index is 281. The molecule has 0 aromatic carbocycles. The van der Waals surface area contributed by atoms with E-state index in [9.17, 15) is 4.79 Å². The summed E-state index contributed by atoms with van der Waals surface area (Å²) >= 11 is 0. The Labute approximate surface area is 90.0 Å². The molecule has 1 heterocycles. The second-order valence-electron chi connectivity index (χ2n) is 3.70. The monoisotopic (exact) mass is 210 g/mol. The molecule has 0 fully saturated rings. The molecule has 0 saturated carbocycles. The van der Waals surface area contributed by atoms with Crippen LogP contribution in [0.15, 0.2) is 22.8 Å². The van der Waals surface area contributed by atoms with E-state index in [1.54, 1.807) is 6.26 Å². The first-order valence-corrected chi connectivity index (χ1v) is 5.21. The van der Waals surface area contributed by atoms with Gasteiger partial charge < -0.3 is 15.1 Å². The van der Waals surface area contributed by atoms with E-state index < -0.39 is 0 Å². The molecule has 1 aromatic heterocycles. The van der Waals surface area contributed by atoms with E-state index in [4.69, 9.17) is 4.42 Å². The summed E-state index contributed by atoms with van der Waals surface area (Å²) in [5, 5.41) is 6.00. The fraction of sp³-hybridized carbons (Fsp3) is 0.545. The smallest absolute Gasteiger partial charge is 0.222 e. The molecule has 0 aliphatic heterocycles. The van der Waals surface area contributed by atoms with Crippen LogP contribution in [-0.4, -0.2) is 19.0 Å². The molecule has 15 heavy (non-hydrogen) atoms. The lowest BCUT2D eigenvalue weighted by molar-refractivity contribution is -0.123. The quantitative estimate of drug-likeness (QED) is 0.692. The maximum atomic E-state index is 11.2. The highest BCUT2D eigenvalue weighted by atomic mass is 16.3. The first kappa shape index (κ1) is 11.8. The van der Waals surface area contributed by atoms with E-state index in [2.05, 4.69) is 10.6 Å². The third-order valence-corrected chi connectivity index (χ3v) is 2.00. The van der Waals surface area contributed by atoms with Gasteiger partial charge in [0.25, 0.3) is 0 Å². The highest BCUT2D eigenvalue weighted by Gasteiger charge is 2.04. The lowest BCUT2D eigenvalue weighted by Crippen LogP contribution is -2.34. The van der Waals surface area contributed by atoms with Gasteiger partial charge in [-0.05, 0) is 12.1 Å². The van der Waals surface area contributed by atoms with Crippen LogP contribution in [0.3, 0.4) is 0 Å². The molecule has 0 unspecified atom stereocenters. The summed E-state index contributed by atoms with van der Waals surface area (Å²) in [7, 11) is 0. The first-order chi connectivity index (χ1) is 7.20. The Kier molecular flexibility index (Phi) is 4.90. The van der Waals surface area contributed by atoms with Crippen molar-refractivity contribution in [1.82, 2.24) is 10.6 Å². The Balaban J connectivity index is 2.00. The van der Waals surface area contributed by atoms with Gasteiger partial charge in [0.15, 0.2) is 0 Å². The van der Waals surface area contributed by atoms with Crippen molar-refractivity contribution >= 4 is 5.91 Å². The second kappa shape index (κ2) is 6.24. The summed E-state index contributed by atoms with van der Waals surface area (Å²) in [4.78, 5) is 11.2. The SMILES string of the molecule is CC(C)C(=O)NCCNCc1ccco1. The lowest BCUT2D eigenvalue weighted by Gasteiger charge is -2.07. The van der Waals surface area contributed by atoms with E-state index in [-0.39, 0.29) is 11.8 Å². The zero-order valence-corrected chi connectivity index (χ0v) is 9.25. The van der Waals surface area contributed by atoms with Crippen molar-refractivity contribution in [2.45, 2.75) is 20.4 Å². The summed E-state index contributed by atoms with van der Waals surface area (Å²) in [6, 6.07) is 3.78. The summed E-state index contributed by atoms with van der Waals surface area (Å²) in [6.45, 7) is 5.86. The fourth-order valence-electron chi connectivity index (χ4n) is 1.10. The third kappa shape index (κ3) is 4.65. The lowest BCUT2D eigenvalue weighted by atomic mass is 10.2. The van der Waals surface area contributed by atoms with Gasteiger partial charge in [-0.2, -0.15) is 0 Å². The standard InChI is InChI=1S/C11H18N2O2/c1-9(2)11(14)13-6-5-12-8-10-4-3-7-15-10/h3-4,7,9,12H,5-6,8H2,1-2H3,(H,13,14). The van der Waals surface area contributed by atoms with Gasteiger partial charge in [0.2, 0.25) is 5.91 Å². The highest BCUT2D eigenvalue weighted by Crippen LogP contribution is 1.97. The predicted molar refractivity (Wildman–Crippen MR) is 58.3 cm³/mol. The Hall–Kier alpha value is -1.29. The molecule has 2 N–H and O–H groups in total. The van der Waals surface area contributed by atoms with E-state index in [1.165, 1.54) is 0 Å². The molecule has 0 atom stereocenters. The average Bonchev–Trinajstić information content (AvgIpc) is 2.69. The molecular formula is C11H18N2O2. The minimum atomic E-state index is 0.0510. The van der Waals surface area contributed by atoms with Crippen molar-refractivity contribution in [2.24, 2.45) is 5.92 Å². The van der Waals surface area contributed by atoms with E-state index in [1.807, 2.05) is 26.0 Å². The van der Waals surface area contributed by atoms with Gasteiger partial charge in [0, 0.05) is 19.0 Å². The first-order valence-electron chi connectivity index (χ1n) is 5.21. The predicted octanol–water partition coefficient (Wildman–Crippen LogP) is 1.14. The molecule has 1 aromatic rings. The zero-order valence-electron chi connectivity index (χ0n) is 9.25. The van der Waals surface area contributed by atoms with Crippen LogP contribution in [0.4, 0.5) is 0 Å². The van der Waals surface area contributed by atoms with Crippen LogP contribution in [-0.2, 0) is 11.3 Å². The van der Waals surface area contributed by atoms with Gasteiger partial charge in [-0.1, -0.05) is 13.8 Å². The normalized spacial score (nSPS) is 10.6. The summed E-state index contributed by atoms with van der Waals surface area (Å²) in [5.74, 6) is 1.05. The van der Waals surface area contributed by atoms with E-state index >= 15 is 0 Å². The number of nitrogens with one attached hydrogen (secondary N) is 2. The van der Waals surface area contributed by atoms with E-state index in [0.29, 0.717) is 13.1 Å². The molecule has 0 bridgehead atoms. The number of furan rings is 1. The number of hydrogen-bond acceptors (Lipinski definition) is 3. The molecule has 0 spiro atoms. The summed E-state index contributed by atoms with van der Waals surface area (Å²) in [6.07, 6.45) is 1.65. The Morgan fingerprint density at radius 2 is 2.27 bits per heavy atom. The zero-order chi connectivity index (χ0) is 11.1. The number of amides is 1. The van der Waals surface area contributed by atoms with Gasteiger partial charge in [-0.15, -0.1) is 0 Å². The van der Waals surface area contributed by atoms with Crippen LogP contribution in [0.2, 0.25) is 0 Å². The molecule has 0 saturated heterocycles. The van der Waals surface area contributed by atoms with E-state index in [0.717, 1.165) is 12.3 Å². The summed E-state index contributed by atoms with van der Waals surface area (Å²) in [5.41, 5.74) is 0. The van der Waals surface area contributed by atoms with Crippen LogP contribution in [0.1, 0.15) is 19.6 Å². The van der Waals surface area contributed by atoms with Gasteiger partial charge in [0.05, 0.1) is 12.8 Å². The Morgan fingerprint density at radius 3 is 2.87 bits per heavy atom. The van der Waals surface area contributed by atoms with Gasteiger partial charge in [0.1, 0.15) is 5.76 Å². The van der Waals surface area contributed by atoms with Crippen LogP contribution in [0, 0.1) is 5.92 Å². The molecule has 0 radical (unpaired) electrons. The van der Waals surface area contributed by atoms with Crippen LogP contribution in [0.5, 0.6) is 0 Å². The molecule has 1 rings (SSSR count). The van der Waals surface area contributed by atoms with Crippen molar-refractivity contribution < 1.29 is 9.21 Å². The number of hydrogen-bond donors (Lipinski definition) is 2. The van der Waals surface area contributed by atoms with Crippen molar-refractivity contribution in [2.75, 3.05) is 13.1 Å². The second-order valence-corrected chi connectivity index (χ2v) is 3.70. The van der Waals surface area contributed by atoms with Crippen molar-refractivity contribution in [3.05, 3.63) is 24.2 Å². The van der Waals surface area contributed by atoms with Gasteiger partial charge >= 0.3 is 0 Å². The maximum Gasteiger partial charge on any atom is 0.222 e. The number of carbonyl (C=O) groups is 1. The van der Waals surface area contributed by atoms with Crippen molar-refractivity contribution in [3.8, 4) is 0 Å². The molecule has 0 aliphatic rings. The molecular weight excluding hydrogens is 192 g/mol. The average molecular weight is 210 g/mol. The Morgan fingerprint density at radius 1 is 1.47 bits per heavy atom. The molecule has 4 heteroatoms. The topological polar surface area (TPSA) is 54.3 Å². The van der Waals surface area contributed by atoms with Crippen LogP contribution >= 0.6 is 0 Å². The number of rotatable bonds is 6. The highest BCUT2D eigenvalue weighted by molar-refractivity contribution is 5.77.